The van der Waals surface area contributed by atoms with Gasteiger partial charge in [-0.25, -0.2) is 4.79 Å². The molecule has 1 aromatic rings. The molecule has 2 heterocycles. The fraction of sp³-hybridized carbons (Fsp3) is 0.645. The molecule has 41 heavy (non-hydrogen) atoms. The molecule has 0 unspecified atom stereocenters. The van der Waals surface area contributed by atoms with Gasteiger partial charge >= 0.3 is 11.9 Å². The number of aliphatic carboxylic acids is 1. The molecule has 2 saturated carbocycles. The van der Waals surface area contributed by atoms with Crippen LogP contribution in [0, 0.1) is 11.3 Å². The highest BCUT2D eigenvalue weighted by Crippen LogP contribution is 2.68. The van der Waals surface area contributed by atoms with Crippen LogP contribution in [-0.2, 0) is 39.9 Å². The molecule has 5 rings (SSSR count). The largest absolute Gasteiger partial charge is 0.478 e. The third kappa shape index (κ3) is 4.50. The van der Waals surface area contributed by atoms with Crippen molar-refractivity contribution in [3.63, 3.8) is 0 Å². The second-order valence-corrected chi connectivity index (χ2v) is 12.9. The van der Waals surface area contributed by atoms with Crippen molar-refractivity contribution in [2.24, 2.45) is 11.3 Å². The molecule has 1 spiro atoms. The number of benzene rings is 1. The average Bonchev–Trinajstić information content (AvgIpc) is 3.09. The highest BCUT2D eigenvalue weighted by atomic mass is 16.6. The molecule has 0 radical (unpaired) electrons. The van der Waals surface area contributed by atoms with E-state index < -0.39 is 70.5 Å². The Labute approximate surface area is 240 Å². The Morgan fingerprint density at radius 1 is 1.10 bits per heavy atom. The van der Waals surface area contributed by atoms with Crippen molar-refractivity contribution in [2.45, 2.75) is 108 Å². The minimum absolute atomic E-state index is 0.147. The zero-order valence-electron chi connectivity index (χ0n) is 24.6. The van der Waals surface area contributed by atoms with Crippen LogP contribution in [0.3, 0.4) is 0 Å². The molecule has 2 aliphatic carbocycles. The van der Waals surface area contributed by atoms with Crippen molar-refractivity contribution < 1.29 is 43.5 Å². The summed E-state index contributed by atoms with van der Waals surface area (Å²) < 4.78 is 26.5. The number of nitrogens with zero attached hydrogens (tertiary/aromatic N) is 1. The number of carbonyl (C=O) groups is 3. The lowest BCUT2D eigenvalue weighted by Crippen LogP contribution is -2.78. The van der Waals surface area contributed by atoms with Crippen molar-refractivity contribution in [3.8, 4) is 0 Å². The van der Waals surface area contributed by atoms with Gasteiger partial charge in [0.05, 0.1) is 23.7 Å². The lowest BCUT2D eigenvalue weighted by atomic mass is 9.48. The Morgan fingerprint density at radius 2 is 1.78 bits per heavy atom. The van der Waals surface area contributed by atoms with Crippen molar-refractivity contribution in [1.82, 2.24) is 4.90 Å². The normalized spacial score (nSPS) is 39.6. The number of fused-ring (bicyclic) bond motifs is 1. The highest BCUT2D eigenvalue weighted by molar-refractivity contribution is 6.16. The minimum Gasteiger partial charge on any atom is -0.478 e. The summed E-state index contributed by atoms with van der Waals surface area (Å²) in [6.07, 6.45) is 0.258. The second kappa shape index (κ2) is 10.2. The number of carbonyl (C=O) groups excluding carboxylic acids is 2. The predicted octanol–water partition coefficient (Wildman–Crippen LogP) is 3.21. The zero-order chi connectivity index (χ0) is 30.0. The number of aliphatic hydroxyl groups is 1. The molecule has 4 aliphatic rings. The molecule has 1 saturated heterocycles. The van der Waals surface area contributed by atoms with Gasteiger partial charge in [-0.2, -0.15) is 0 Å². The van der Waals surface area contributed by atoms with Crippen LogP contribution in [0.2, 0.25) is 0 Å². The van der Waals surface area contributed by atoms with Crippen LogP contribution in [0.25, 0.3) is 0 Å². The Bertz CT molecular complexity index is 1240. The Balaban J connectivity index is 1.62. The topological polar surface area (TPSA) is 132 Å². The van der Waals surface area contributed by atoms with Gasteiger partial charge in [-0.3, -0.25) is 9.59 Å². The van der Waals surface area contributed by atoms with Crippen LogP contribution in [0.4, 0.5) is 0 Å². The first-order chi connectivity index (χ1) is 19.2. The van der Waals surface area contributed by atoms with Gasteiger partial charge in [-0.15, -0.1) is 0 Å². The number of carboxylic acids is 1. The number of rotatable bonds is 7. The summed E-state index contributed by atoms with van der Waals surface area (Å²) in [5, 5.41) is 21.7. The predicted molar refractivity (Wildman–Crippen MR) is 146 cm³/mol. The van der Waals surface area contributed by atoms with E-state index in [1.54, 1.807) is 6.92 Å². The van der Waals surface area contributed by atoms with E-state index >= 15 is 0 Å². The van der Waals surface area contributed by atoms with Gasteiger partial charge in [0.2, 0.25) is 0 Å². The van der Waals surface area contributed by atoms with Crippen LogP contribution in [0.1, 0.15) is 65.9 Å². The third-order valence-corrected chi connectivity index (χ3v) is 9.86. The summed E-state index contributed by atoms with van der Waals surface area (Å²) >= 11 is 0. The molecular weight excluding hydrogens is 530 g/mol. The first-order valence-electron chi connectivity index (χ1n) is 14.3. The van der Waals surface area contributed by atoms with Gasteiger partial charge in [-0.05, 0) is 45.6 Å². The van der Waals surface area contributed by atoms with E-state index in [0.29, 0.717) is 19.3 Å². The van der Waals surface area contributed by atoms with E-state index in [1.165, 1.54) is 24.9 Å². The van der Waals surface area contributed by atoms with Gasteiger partial charge in [0.1, 0.15) is 35.7 Å². The smallest absolute Gasteiger partial charge is 0.340 e. The number of likely N-dealkylation sites (N-methyl/N-ethyl adjacent to an activating group) is 1. The molecule has 2 N–H and O–H groups in total. The van der Waals surface area contributed by atoms with E-state index in [4.69, 9.17) is 18.9 Å². The first-order valence-corrected chi connectivity index (χ1v) is 14.3. The maximum atomic E-state index is 12.9. The van der Waals surface area contributed by atoms with Crippen molar-refractivity contribution in [1.29, 1.82) is 0 Å². The van der Waals surface area contributed by atoms with Gasteiger partial charge < -0.3 is 34.1 Å². The summed E-state index contributed by atoms with van der Waals surface area (Å²) in [5.74, 6) is -2.99. The molecule has 1 aromatic carbocycles. The van der Waals surface area contributed by atoms with E-state index in [0.717, 1.165) is 5.56 Å². The number of ether oxygens (including phenoxy) is 4. The third-order valence-electron chi connectivity index (χ3n) is 9.86. The Kier molecular flexibility index (Phi) is 7.38. The van der Waals surface area contributed by atoms with Crippen LogP contribution < -0.4 is 0 Å². The number of carboxylic acid groups (broad SMARTS) is 1. The lowest BCUT2D eigenvalue weighted by molar-refractivity contribution is -0.333. The van der Waals surface area contributed by atoms with E-state index in [-0.39, 0.29) is 18.6 Å². The monoisotopic (exact) mass is 571 g/mol. The number of hydrogen-bond acceptors (Lipinski definition) is 8. The molecule has 2 bridgehead atoms. The summed E-state index contributed by atoms with van der Waals surface area (Å²) in [6.45, 7) is 9.22. The average molecular weight is 572 g/mol. The number of esters is 1. The maximum absolute atomic E-state index is 12.9. The Hall–Kier alpha value is -2.79. The van der Waals surface area contributed by atoms with Crippen molar-refractivity contribution in [3.05, 3.63) is 47.5 Å². The zero-order valence-corrected chi connectivity index (χ0v) is 24.6. The Morgan fingerprint density at radius 3 is 2.41 bits per heavy atom. The molecular formula is C31H41NO9. The molecule has 1 amide bonds. The van der Waals surface area contributed by atoms with Crippen LogP contribution >= 0.6 is 0 Å². The summed E-state index contributed by atoms with van der Waals surface area (Å²) in [5.41, 5.74) is -3.77. The summed E-state index contributed by atoms with van der Waals surface area (Å²) in [4.78, 5) is 38.4. The van der Waals surface area contributed by atoms with Gasteiger partial charge in [0.15, 0.2) is 0 Å². The lowest BCUT2D eigenvalue weighted by Gasteiger charge is -2.64. The van der Waals surface area contributed by atoms with Crippen LogP contribution in [0.15, 0.2) is 42.0 Å². The molecule has 3 fully saturated rings. The molecule has 10 heteroatoms. The van der Waals surface area contributed by atoms with Crippen molar-refractivity contribution in [2.75, 3.05) is 7.05 Å². The highest BCUT2D eigenvalue weighted by Gasteiger charge is 2.82. The second-order valence-electron chi connectivity index (χ2n) is 12.9. The number of amides is 1. The van der Waals surface area contributed by atoms with Crippen LogP contribution in [-0.4, -0.2) is 81.3 Å². The van der Waals surface area contributed by atoms with E-state index in [2.05, 4.69) is 0 Å². The molecule has 10 nitrogen and oxygen atoms in total. The molecule has 0 aromatic heterocycles. The minimum atomic E-state index is -1.36. The SMILES string of the molecule is CC(=O)O[C@H]1[C@@H]2[C@@H](O[C@H]3CC=C(C(=O)O)C(=O)N3C)[C@]3(OC2(C)C)[C@@](C)(O)CCC[C@@]3(C)[C@H]1OCc1ccccc1. The van der Waals surface area contributed by atoms with E-state index in [1.807, 2.05) is 51.1 Å². The molecule has 2 aliphatic heterocycles. The number of hydrogen-bond donors (Lipinski definition) is 2. The van der Waals surface area contributed by atoms with Gasteiger partial charge in [-0.1, -0.05) is 43.3 Å². The quantitative estimate of drug-likeness (QED) is 0.374. The van der Waals surface area contributed by atoms with Gasteiger partial charge in [0.25, 0.3) is 5.91 Å². The summed E-state index contributed by atoms with van der Waals surface area (Å²) in [7, 11) is 1.50. The fourth-order valence-corrected chi connectivity index (χ4v) is 8.10. The summed E-state index contributed by atoms with van der Waals surface area (Å²) in [6, 6.07) is 9.73. The van der Waals surface area contributed by atoms with Gasteiger partial charge in [0, 0.05) is 25.8 Å². The standard InChI is InChI=1S/C31H41NO9/c1-18(33)39-23-22-24(40-21-14-13-20(27(35)36)26(34)32(21)6)31(41-28(22,2)3)29(4,15-10-16-30(31,5)37)25(23)38-17-19-11-8-7-9-12-19/h7-9,11-13,21-25,37H,10,14-17H2,1-6H3,(H,35,36)/t21-,22+,23-,24+,25-,29-,30-,31+/m0/s1. The fourth-order valence-electron chi connectivity index (χ4n) is 8.10. The molecule has 224 valence electrons. The molecule has 8 atom stereocenters. The van der Waals surface area contributed by atoms with E-state index in [9.17, 15) is 24.6 Å². The van der Waals surface area contributed by atoms with Crippen LogP contribution in [0.5, 0.6) is 0 Å². The van der Waals surface area contributed by atoms with Crippen molar-refractivity contribution >= 4 is 17.8 Å². The first kappa shape index (κ1) is 29.7. The maximum Gasteiger partial charge on any atom is 0.340 e.